The summed E-state index contributed by atoms with van der Waals surface area (Å²) in [5, 5.41) is 3.06. The lowest BCUT2D eigenvalue weighted by atomic mass is 10.0. The SMILES string of the molecule is COC(=O)c1cc(C(=O)C(C)=O)c(Cl)cc1NCc1ccco1. The van der Waals surface area contributed by atoms with Gasteiger partial charge < -0.3 is 14.5 Å². The van der Waals surface area contributed by atoms with E-state index in [1.54, 1.807) is 12.1 Å². The Morgan fingerprint density at radius 3 is 2.57 bits per heavy atom. The standard InChI is InChI=1S/C16H14ClNO5/c1-9(19)15(20)11-6-12(16(21)22-2)14(7-13(11)17)18-8-10-4-3-5-23-10/h3-7,18H,8H2,1-2H3. The zero-order valence-corrected chi connectivity index (χ0v) is 13.3. The highest BCUT2D eigenvalue weighted by Gasteiger charge is 2.21. The van der Waals surface area contributed by atoms with Crippen LogP contribution in [-0.4, -0.2) is 24.6 Å². The van der Waals surface area contributed by atoms with Crippen molar-refractivity contribution in [2.24, 2.45) is 0 Å². The number of benzene rings is 1. The average molecular weight is 336 g/mol. The Morgan fingerprint density at radius 2 is 2.00 bits per heavy atom. The Hall–Kier alpha value is -2.60. The van der Waals surface area contributed by atoms with Crippen LogP contribution in [0, 0.1) is 0 Å². The predicted molar refractivity (Wildman–Crippen MR) is 83.8 cm³/mol. The van der Waals surface area contributed by atoms with Gasteiger partial charge in [-0.3, -0.25) is 9.59 Å². The Labute approximate surface area is 137 Å². The van der Waals surface area contributed by atoms with Crippen molar-refractivity contribution < 1.29 is 23.5 Å². The summed E-state index contributed by atoms with van der Waals surface area (Å²) in [5.41, 5.74) is 0.439. The summed E-state index contributed by atoms with van der Waals surface area (Å²) in [4.78, 5) is 35.1. The van der Waals surface area contributed by atoms with Crippen molar-refractivity contribution in [2.45, 2.75) is 13.5 Å². The van der Waals surface area contributed by atoms with E-state index in [-0.39, 0.29) is 16.1 Å². The summed E-state index contributed by atoms with van der Waals surface area (Å²) in [6, 6.07) is 6.16. The summed E-state index contributed by atoms with van der Waals surface area (Å²) in [6.07, 6.45) is 1.53. The van der Waals surface area contributed by atoms with E-state index >= 15 is 0 Å². The molecule has 2 aromatic rings. The molecule has 1 aromatic heterocycles. The first-order valence-electron chi connectivity index (χ1n) is 6.67. The molecule has 120 valence electrons. The highest BCUT2D eigenvalue weighted by Crippen LogP contribution is 2.27. The number of rotatable bonds is 6. The average Bonchev–Trinajstić information content (AvgIpc) is 3.04. The number of ketones is 2. The minimum Gasteiger partial charge on any atom is -0.467 e. The predicted octanol–water partition coefficient (Wildman–Crippen LogP) is 3.10. The number of furan rings is 1. The summed E-state index contributed by atoms with van der Waals surface area (Å²) < 4.78 is 9.90. The molecule has 1 heterocycles. The van der Waals surface area contributed by atoms with Crippen LogP contribution >= 0.6 is 11.6 Å². The molecule has 0 saturated heterocycles. The third-order valence-corrected chi connectivity index (χ3v) is 3.42. The van der Waals surface area contributed by atoms with E-state index in [0.29, 0.717) is 18.0 Å². The first kappa shape index (κ1) is 16.8. The fourth-order valence-corrected chi connectivity index (χ4v) is 2.21. The topological polar surface area (TPSA) is 85.6 Å². The molecule has 0 fully saturated rings. The van der Waals surface area contributed by atoms with Crippen molar-refractivity contribution in [1.82, 2.24) is 0 Å². The molecule has 1 N–H and O–H groups in total. The number of halogens is 1. The molecule has 2 rings (SSSR count). The molecule has 1 aromatic carbocycles. The largest absolute Gasteiger partial charge is 0.467 e. The summed E-state index contributed by atoms with van der Waals surface area (Å²) >= 11 is 6.06. The monoisotopic (exact) mass is 335 g/mol. The van der Waals surface area contributed by atoms with Gasteiger partial charge in [0.1, 0.15) is 5.76 Å². The number of nitrogens with one attached hydrogen (secondary N) is 1. The van der Waals surface area contributed by atoms with Crippen molar-refractivity contribution >= 4 is 34.8 Å². The maximum absolute atomic E-state index is 11.9. The quantitative estimate of drug-likeness (QED) is 0.496. The first-order chi connectivity index (χ1) is 10.9. The number of hydrogen-bond donors (Lipinski definition) is 1. The van der Waals surface area contributed by atoms with Gasteiger partial charge in [-0.25, -0.2) is 4.79 Å². The zero-order valence-electron chi connectivity index (χ0n) is 12.5. The molecule has 0 bridgehead atoms. The first-order valence-corrected chi connectivity index (χ1v) is 7.05. The molecular formula is C16H14ClNO5. The Balaban J connectivity index is 2.40. The van der Waals surface area contributed by atoms with E-state index in [2.05, 4.69) is 5.32 Å². The molecule has 0 aliphatic rings. The maximum atomic E-state index is 11.9. The van der Waals surface area contributed by atoms with Crippen LogP contribution in [-0.2, 0) is 16.1 Å². The molecule has 0 spiro atoms. The molecule has 0 amide bonds. The smallest absolute Gasteiger partial charge is 0.339 e. The summed E-state index contributed by atoms with van der Waals surface area (Å²) in [5.74, 6) is -1.43. The van der Waals surface area contributed by atoms with E-state index in [9.17, 15) is 14.4 Å². The van der Waals surface area contributed by atoms with Gasteiger partial charge in [0, 0.05) is 12.5 Å². The molecule has 0 unspecified atom stereocenters. The molecule has 7 heteroatoms. The highest BCUT2D eigenvalue weighted by atomic mass is 35.5. The third kappa shape index (κ3) is 3.78. The number of methoxy groups -OCH3 is 1. The lowest BCUT2D eigenvalue weighted by Crippen LogP contribution is -2.14. The molecule has 0 saturated carbocycles. The fourth-order valence-electron chi connectivity index (χ4n) is 1.96. The second kappa shape index (κ2) is 7.11. The van der Waals surface area contributed by atoms with Crippen LogP contribution in [0.15, 0.2) is 34.9 Å². The van der Waals surface area contributed by atoms with Crippen molar-refractivity contribution in [3.63, 3.8) is 0 Å². The van der Waals surface area contributed by atoms with E-state index < -0.39 is 17.5 Å². The van der Waals surface area contributed by atoms with Crippen LogP contribution < -0.4 is 5.32 Å². The number of anilines is 1. The van der Waals surface area contributed by atoms with Crippen LogP contribution in [0.5, 0.6) is 0 Å². The van der Waals surface area contributed by atoms with E-state index in [0.717, 1.165) is 6.92 Å². The summed E-state index contributed by atoms with van der Waals surface area (Å²) in [7, 11) is 1.22. The van der Waals surface area contributed by atoms with Gasteiger partial charge >= 0.3 is 5.97 Å². The second-order valence-electron chi connectivity index (χ2n) is 4.69. The van der Waals surface area contributed by atoms with Crippen LogP contribution in [0.2, 0.25) is 5.02 Å². The number of Topliss-reactive ketones (excluding diaryl/α,β-unsaturated/α-hetero) is 2. The van der Waals surface area contributed by atoms with Gasteiger partial charge in [0.05, 0.1) is 36.2 Å². The van der Waals surface area contributed by atoms with Gasteiger partial charge in [-0.2, -0.15) is 0 Å². The van der Waals surface area contributed by atoms with Crippen LogP contribution in [0.25, 0.3) is 0 Å². The lowest BCUT2D eigenvalue weighted by Gasteiger charge is -2.12. The summed E-state index contributed by atoms with van der Waals surface area (Å²) in [6.45, 7) is 1.45. The van der Waals surface area contributed by atoms with Gasteiger partial charge in [-0.15, -0.1) is 0 Å². The number of ether oxygens (including phenoxy) is 1. The lowest BCUT2D eigenvalue weighted by molar-refractivity contribution is -0.113. The van der Waals surface area contributed by atoms with Gasteiger partial charge in [0.25, 0.3) is 0 Å². The fraction of sp³-hybridized carbons (Fsp3) is 0.188. The van der Waals surface area contributed by atoms with Crippen LogP contribution in [0.1, 0.15) is 33.4 Å². The molecule has 0 aliphatic heterocycles. The Bertz CT molecular complexity index is 752. The van der Waals surface area contributed by atoms with Gasteiger partial charge in [-0.05, 0) is 24.3 Å². The van der Waals surface area contributed by atoms with Crippen LogP contribution in [0.3, 0.4) is 0 Å². The number of esters is 1. The molecule has 6 nitrogen and oxygen atoms in total. The van der Waals surface area contributed by atoms with Crippen molar-refractivity contribution in [1.29, 1.82) is 0 Å². The van der Waals surface area contributed by atoms with Crippen molar-refractivity contribution in [3.8, 4) is 0 Å². The molecule has 0 aliphatic carbocycles. The highest BCUT2D eigenvalue weighted by molar-refractivity contribution is 6.47. The molecule has 0 radical (unpaired) electrons. The molecular weight excluding hydrogens is 322 g/mol. The van der Waals surface area contributed by atoms with E-state index in [1.807, 2.05) is 0 Å². The maximum Gasteiger partial charge on any atom is 0.339 e. The van der Waals surface area contributed by atoms with Crippen molar-refractivity contribution in [2.75, 3.05) is 12.4 Å². The third-order valence-electron chi connectivity index (χ3n) is 3.11. The number of hydrogen-bond acceptors (Lipinski definition) is 6. The van der Waals surface area contributed by atoms with Gasteiger partial charge in [0.2, 0.25) is 5.78 Å². The zero-order chi connectivity index (χ0) is 17.0. The molecule has 23 heavy (non-hydrogen) atoms. The van der Waals surface area contributed by atoms with Gasteiger partial charge in [0.15, 0.2) is 5.78 Å². The Kier molecular flexibility index (Phi) is 5.18. The Morgan fingerprint density at radius 1 is 1.26 bits per heavy atom. The molecule has 0 atom stereocenters. The van der Waals surface area contributed by atoms with Crippen molar-refractivity contribution in [3.05, 3.63) is 52.4 Å². The van der Waals surface area contributed by atoms with Gasteiger partial charge in [-0.1, -0.05) is 11.6 Å². The normalized spacial score (nSPS) is 10.2. The minimum atomic E-state index is -0.766. The number of carbonyl (C=O) groups is 3. The second-order valence-corrected chi connectivity index (χ2v) is 5.09. The van der Waals surface area contributed by atoms with E-state index in [1.165, 1.54) is 25.5 Å². The van der Waals surface area contributed by atoms with E-state index in [4.69, 9.17) is 20.8 Å². The minimum absolute atomic E-state index is 0.0388. The van der Waals surface area contributed by atoms with Crippen LogP contribution in [0.4, 0.5) is 5.69 Å². The number of carbonyl (C=O) groups excluding carboxylic acids is 3.